The van der Waals surface area contributed by atoms with E-state index in [1.165, 1.54) is 0 Å². The summed E-state index contributed by atoms with van der Waals surface area (Å²) in [6.07, 6.45) is 5.75. The Morgan fingerprint density at radius 1 is 1.45 bits per heavy atom. The molecular formula is C15H20N4O. The molecule has 0 aliphatic heterocycles. The Bertz CT molecular complexity index is 549. The van der Waals surface area contributed by atoms with Gasteiger partial charge in [-0.1, -0.05) is 6.07 Å². The molecule has 0 bridgehead atoms. The van der Waals surface area contributed by atoms with Gasteiger partial charge in [0, 0.05) is 30.5 Å². The van der Waals surface area contributed by atoms with Crippen LogP contribution in [0, 0.1) is 0 Å². The Morgan fingerprint density at radius 2 is 2.30 bits per heavy atom. The number of carbonyl (C=O) groups is 1. The van der Waals surface area contributed by atoms with Gasteiger partial charge in [-0.3, -0.25) is 4.79 Å². The second-order valence-corrected chi connectivity index (χ2v) is 4.92. The van der Waals surface area contributed by atoms with E-state index in [1.54, 1.807) is 10.9 Å². The predicted octanol–water partition coefficient (Wildman–Crippen LogP) is 2.33. The molecule has 2 rings (SSSR count). The van der Waals surface area contributed by atoms with E-state index >= 15 is 0 Å². The van der Waals surface area contributed by atoms with Gasteiger partial charge in [-0.2, -0.15) is 5.10 Å². The maximum atomic E-state index is 11.8. The summed E-state index contributed by atoms with van der Waals surface area (Å²) in [5.41, 5.74) is 7.36. The maximum Gasteiger partial charge on any atom is 0.224 e. The zero-order valence-electron chi connectivity index (χ0n) is 11.6. The van der Waals surface area contributed by atoms with E-state index in [9.17, 15) is 4.79 Å². The zero-order chi connectivity index (χ0) is 14.4. The summed E-state index contributed by atoms with van der Waals surface area (Å²) in [5.74, 6) is 0.0169. The summed E-state index contributed by atoms with van der Waals surface area (Å²) < 4.78 is 1.76. The molecule has 1 aromatic heterocycles. The van der Waals surface area contributed by atoms with Crippen molar-refractivity contribution in [1.82, 2.24) is 9.78 Å². The average Bonchev–Trinajstić information content (AvgIpc) is 2.92. The second-order valence-electron chi connectivity index (χ2n) is 4.92. The number of rotatable bonds is 6. The lowest BCUT2D eigenvalue weighted by molar-refractivity contribution is -0.116. The third-order valence-electron chi connectivity index (χ3n) is 2.96. The molecule has 0 saturated carbocycles. The molecule has 3 N–H and O–H groups in total. The first-order valence-corrected chi connectivity index (χ1v) is 6.80. The summed E-state index contributed by atoms with van der Waals surface area (Å²) in [6, 6.07) is 9.62. The summed E-state index contributed by atoms with van der Waals surface area (Å²) in [7, 11) is 0. The van der Waals surface area contributed by atoms with Gasteiger partial charge >= 0.3 is 0 Å². The van der Waals surface area contributed by atoms with Gasteiger partial charge in [0.2, 0.25) is 5.91 Å². The first kappa shape index (κ1) is 14.3. The molecule has 1 atom stereocenters. The fraction of sp³-hybridized carbons (Fsp3) is 0.333. The highest BCUT2D eigenvalue weighted by atomic mass is 16.1. The highest BCUT2D eigenvalue weighted by molar-refractivity contribution is 5.90. The van der Waals surface area contributed by atoms with E-state index < -0.39 is 0 Å². The molecule has 2 aromatic rings. The predicted molar refractivity (Wildman–Crippen MR) is 79.7 cm³/mol. The van der Waals surface area contributed by atoms with Crippen LogP contribution in [0.1, 0.15) is 26.2 Å². The van der Waals surface area contributed by atoms with Gasteiger partial charge in [0.1, 0.15) is 0 Å². The van der Waals surface area contributed by atoms with Crippen LogP contribution in [0.15, 0.2) is 42.7 Å². The van der Waals surface area contributed by atoms with Crippen LogP contribution >= 0.6 is 0 Å². The molecule has 0 aliphatic rings. The van der Waals surface area contributed by atoms with Crippen LogP contribution in [-0.4, -0.2) is 21.7 Å². The molecule has 0 radical (unpaired) electrons. The van der Waals surface area contributed by atoms with Crippen molar-refractivity contribution in [1.29, 1.82) is 0 Å². The summed E-state index contributed by atoms with van der Waals surface area (Å²) in [6.45, 7) is 1.95. The Balaban J connectivity index is 1.93. The fourth-order valence-corrected chi connectivity index (χ4v) is 1.96. The van der Waals surface area contributed by atoms with Gasteiger partial charge in [-0.25, -0.2) is 4.68 Å². The zero-order valence-corrected chi connectivity index (χ0v) is 11.6. The molecule has 0 saturated heterocycles. The number of aromatic nitrogens is 2. The lowest BCUT2D eigenvalue weighted by Gasteiger charge is -2.08. The number of anilines is 1. The standard InChI is InChI=1S/C15H20N4O/c1-12(16)5-2-8-15(20)18-13-6-3-7-14(11-13)19-10-4-9-17-19/h3-4,6-7,9-12H,2,5,8,16H2,1H3,(H,18,20). The first-order chi connectivity index (χ1) is 9.65. The highest BCUT2D eigenvalue weighted by Crippen LogP contribution is 2.14. The molecule has 5 heteroatoms. The minimum absolute atomic E-state index is 0.0169. The van der Waals surface area contributed by atoms with Gasteiger partial charge in [0.15, 0.2) is 0 Å². The van der Waals surface area contributed by atoms with E-state index in [0.717, 1.165) is 24.2 Å². The van der Waals surface area contributed by atoms with Crippen LogP contribution in [0.3, 0.4) is 0 Å². The van der Waals surface area contributed by atoms with E-state index in [2.05, 4.69) is 10.4 Å². The van der Waals surface area contributed by atoms with Crippen molar-refractivity contribution in [2.45, 2.75) is 32.2 Å². The van der Waals surface area contributed by atoms with Crippen molar-refractivity contribution in [3.8, 4) is 5.69 Å². The Kier molecular flexibility index (Phi) is 4.90. The average molecular weight is 272 g/mol. The Morgan fingerprint density at radius 3 is 3.00 bits per heavy atom. The van der Waals surface area contributed by atoms with Crippen molar-refractivity contribution < 1.29 is 4.79 Å². The van der Waals surface area contributed by atoms with Crippen LogP contribution in [-0.2, 0) is 4.79 Å². The van der Waals surface area contributed by atoms with Crippen molar-refractivity contribution in [2.75, 3.05) is 5.32 Å². The molecule has 1 aromatic carbocycles. The van der Waals surface area contributed by atoms with Gasteiger partial charge in [0.25, 0.3) is 0 Å². The number of nitrogens with one attached hydrogen (secondary N) is 1. The number of hydrogen-bond acceptors (Lipinski definition) is 3. The molecule has 1 heterocycles. The molecule has 20 heavy (non-hydrogen) atoms. The number of benzene rings is 1. The lowest BCUT2D eigenvalue weighted by Crippen LogP contribution is -2.16. The third kappa shape index (κ3) is 4.20. The Labute approximate surface area is 118 Å². The van der Waals surface area contributed by atoms with Crippen LogP contribution in [0.2, 0.25) is 0 Å². The molecule has 0 spiro atoms. The topological polar surface area (TPSA) is 72.9 Å². The minimum Gasteiger partial charge on any atom is -0.328 e. The largest absolute Gasteiger partial charge is 0.328 e. The Hall–Kier alpha value is -2.14. The number of nitrogens with two attached hydrogens (primary N) is 1. The van der Waals surface area contributed by atoms with E-state index in [-0.39, 0.29) is 11.9 Å². The van der Waals surface area contributed by atoms with E-state index in [1.807, 2.05) is 43.5 Å². The molecule has 1 amide bonds. The monoisotopic (exact) mass is 272 g/mol. The minimum atomic E-state index is 0.0169. The lowest BCUT2D eigenvalue weighted by atomic mass is 10.1. The van der Waals surface area contributed by atoms with E-state index in [4.69, 9.17) is 5.73 Å². The quantitative estimate of drug-likeness (QED) is 0.847. The summed E-state index contributed by atoms with van der Waals surface area (Å²) >= 11 is 0. The maximum absolute atomic E-state index is 11.8. The molecule has 0 fully saturated rings. The number of nitrogens with zero attached hydrogens (tertiary/aromatic N) is 2. The van der Waals surface area contributed by atoms with Crippen molar-refractivity contribution in [3.05, 3.63) is 42.7 Å². The van der Waals surface area contributed by atoms with Gasteiger partial charge in [-0.05, 0) is 44.0 Å². The third-order valence-corrected chi connectivity index (χ3v) is 2.96. The van der Waals surface area contributed by atoms with Crippen LogP contribution in [0.4, 0.5) is 5.69 Å². The normalized spacial score (nSPS) is 12.1. The fourth-order valence-electron chi connectivity index (χ4n) is 1.96. The molecular weight excluding hydrogens is 252 g/mol. The SMILES string of the molecule is CC(N)CCCC(=O)Nc1cccc(-n2cccn2)c1. The molecule has 1 unspecified atom stereocenters. The van der Waals surface area contributed by atoms with Gasteiger partial charge < -0.3 is 11.1 Å². The second kappa shape index (κ2) is 6.86. The van der Waals surface area contributed by atoms with Crippen molar-refractivity contribution in [3.63, 3.8) is 0 Å². The molecule has 0 aliphatic carbocycles. The van der Waals surface area contributed by atoms with Crippen LogP contribution in [0.5, 0.6) is 0 Å². The van der Waals surface area contributed by atoms with Crippen molar-refractivity contribution in [2.24, 2.45) is 5.73 Å². The molecule has 106 valence electrons. The number of carbonyl (C=O) groups excluding carboxylic acids is 1. The van der Waals surface area contributed by atoms with E-state index in [0.29, 0.717) is 6.42 Å². The summed E-state index contributed by atoms with van der Waals surface area (Å²) in [4.78, 5) is 11.8. The van der Waals surface area contributed by atoms with Gasteiger partial charge in [-0.15, -0.1) is 0 Å². The van der Waals surface area contributed by atoms with Crippen LogP contribution in [0.25, 0.3) is 5.69 Å². The highest BCUT2D eigenvalue weighted by Gasteiger charge is 2.04. The van der Waals surface area contributed by atoms with Crippen LogP contribution < -0.4 is 11.1 Å². The number of hydrogen-bond donors (Lipinski definition) is 2. The smallest absolute Gasteiger partial charge is 0.224 e. The first-order valence-electron chi connectivity index (χ1n) is 6.80. The molecule has 5 nitrogen and oxygen atoms in total. The number of amides is 1. The van der Waals surface area contributed by atoms with Gasteiger partial charge in [0.05, 0.1) is 5.69 Å². The summed E-state index contributed by atoms with van der Waals surface area (Å²) in [5, 5.41) is 7.06. The van der Waals surface area contributed by atoms with Crippen molar-refractivity contribution >= 4 is 11.6 Å².